The number of benzene rings is 1. The highest BCUT2D eigenvalue weighted by Gasteiger charge is 2.22. The number of aromatic nitrogens is 2. The monoisotopic (exact) mass is 433 g/mol. The molecule has 8 heteroatoms. The van der Waals surface area contributed by atoms with Crippen molar-refractivity contribution in [3.63, 3.8) is 0 Å². The Hall–Kier alpha value is -2.45. The lowest BCUT2D eigenvalue weighted by Gasteiger charge is -2.25. The van der Waals surface area contributed by atoms with Gasteiger partial charge in [0, 0.05) is 43.4 Å². The zero-order chi connectivity index (χ0) is 19.6. The molecule has 1 aromatic carbocycles. The van der Waals surface area contributed by atoms with Crippen molar-refractivity contribution < 1.29 is 9.53 Å². The minimum Gasteiger partial charge on any atom is -0.378 e. The molecule has 2 aromatic rings. The van der Waals surface area contributed by atoms with Gasteiger partial charge in [0.1, 0.15) is 5.56 Å². The minimum absolute atomic E-state index is 0.0218. The Kier molecular flexibility index (Phi) is 5.76. The number of carbonyl (C=O) groups excluding carboxylic acids is 1. The Morgan fingerprint density at radius 1 is 1.07 bits per heavy atom. The van der Waals surface area contributed by atoms with Crippen LogP contribution in [-0.2, 0) is 18.8 Å². The summed E-state index contributed by atoms with van der Waals surface area (Å²) in [6.45, 7) is 2.66. The van der Waals surface area contributed by atoms with Crippen molar-refractivity contribution in [1.82, 2.24) is 14.0 Å². The lowest BCUT2D eigenvalue weighted by molar-refractivity contribution is 0.0597. The van der Waals surface area contributed by atoms with Gasteiger partial charge in [-0.05, 0) is 30.3 Å². The fraction of sp³-hybridized carbons (Fsp3) is 0.316. The molecule has 1 aliphatic heterocycles. The molecule has 0 atom stereocenters. The molecule has 0 saturated carbocycles. The summed E-state index contributed by atoms with van der Waals surface area (Å²) >= 11 is 3.33. The zero-order valence-corrected chi connectivity index (χ0v) is 16.7. The van der Waals surface area contributed by atoms with Crippen LogP contribution in [0.15, 0.2) is 44.5 Å². The third-order valence-electron chi connectivity index (χ3n) is 4.53. The number of halogens is 1. The molecule has 2 heterocycles. The Labute approximate surface area is 164 Å². The molecule has 0 spiro atoms. The number of nitrogens with zero attached hydrogens (tertiary/aromatic N) is 3. The van der Waals surface area contributed by atoms with E-state index in [0.29, 0.717) is 37.6 Å². The van der Waals surface area contributed by atoms with Crippen LogP contribution >= 0.6 is 15.9 Å². The molecule has 142 valence electrons. The predicted molar refractivity (Wildman–Crippen MR) is 106 cm³/mol. The highest BCUT2D eigenvalue weighted by Crippen LogP contribution is 2.15. The van der Waals surface area contributed by atoms with E-state index < -0.39 is 17.0 Å². The van der Waals surface area contributed by atoms with Crippen LogP contribution in [0.1, 0.15) is 21.6 Å². The van der Waals surface area contributed by atoms with E-state index in [9.17, 15) is 14.4 Å². The van der Waals surface area contributed by atoms with Gasteiger partial charge in [-0.15, -0.1) is 0 Å². The number of carbonyl (C=O) groups is 1. The van der Waals surface area contributed by atoms with E-state index in [0.717, 1.165) is 9.04 Å². The standard InChI is InChI=1S/C19H20BrN3O4/c1-21-15(7-8-23-9-11-27-12-10-23)16(18(25)22(2)19(21)26)17(24)13-3-5-14(20)6-4-13/h3-8H,9-12H2,1-2H3. The minimum atomic E-state index is -0.604. The van der Waals surface area contributed by atoms with Crippen LogP contribution in [0, 0.1) is 0 Å². The second-order valence-corrected chi connectivity index (χ2v) is 7.18. The van der Waals surface area contributed by atoms with Gasteiger partial charge in [0.05, 0.1) is 18.9 Å². The van der Waals surface area contributed by atoms with Crippen molar-refractivity contribution in [3.8, 4) is 0 Å². The summed E-state index contributed by atoms with van der Waals surface area (Å²) in [6, 6.07) is 6.77. The van der Waals surface area contributed by atoms with Gasteiger partial charge in [-0.1, -0.05) is 15.9 Å². The third kappa shape index (κ3) is 3.96. The lowest BCUT2D eigenvalue weighted by Crippen LogP contribution is -2.42. The lowest BCUT2D eigenvalue weighted by atomic mass is 10.0. The van der Waals surface area contributed by atoms with Crippen LogP contribution in [0.4, 0.5) is 0 Å². The maximum absolute atomic E-state index is 13.1. The van der Waals surface area contributed by atoms with E-state index in [1.165, 1.54) is 11.6 Å². The van der Waals surface area contributed by atoms with Crippen molar-refractivity contribution in [3.05, 3.63) is 72.6 Å². The van der Waals surface area contributed by atoms with Crippen LogP contribution in [0.2, 0.25) is 0 Å². The fourth-order valence-corrected chi connectivity index (χ4v) is 3.18. The summed E-state index contributed by atoms with van der Waals surface area (Å²) in [6.07, 6.45) is 3.45. The van der Waals surface area contributed by atoms with E-state index in [1.54, 1.807) is 43.6 Å². The first-order valence-corrected chi connectivity index (χ1v) is 9.29. The summed E-state index contributed by atoms with van der Waals surface area (Å²) in [5.74, 6) is -0.416. The number of ether oxygens (including phenoxy) is 1. The molecule has 7 nitrogen and oxygen atoms in total. The van der Waals surface area contributed by atoms with Crippen molar-refractivity contribution in [2.45, 2.75) is 0 Å². The van der Waals surface area contributed by atoms with Gasteiger partial charge in [0.25, 0.3) is 5.56 Å². The molecule has 0 unspecified atom stereocenters. The summed E-state index contributed by atoms with van der Waals surface area (Å²) < 4.78 is 8.43. The van der Waals surface area contributed by atoms with Gasteiger partial charge in [-0.25, -0.2) is 4.79 Å². The van der Waals surface area contributed by atoms with Gasteiger partial charge in [-0.3, -0.25) is 18.7 Å². The van der Waals surface area contributed by atoms with Gasteiger partial charge >= 0.3 is 5.69 Å². The van der Waals surface area contributed by atoms with Crippen molar-refractivity contribution in [2.75, 3.05) is 26.3 Å². The van der Waals surface area contributed by atoms with E-state index >= 15 is 0 Å². The maximum Gasteiger partial charge on any atom is 0.330 e. The molecule has 0 radical (unpaired) electrons. The van der Waals surface area contributed by atoms with Crippen LogP contribution in [0.5, 0.6) is 0 Å². The zero-order valence-electron chi connectivity index (χ0n) is 15.1. The van der Waals surface area contributed by atoms with E-state index in [4.69, 9.17) is 4.74 Å². The Balaban J connectivity index is 2.12. The second-order valence-electron chi connectivity index (χ2n) is 6.27. The number of hydrogen-bond donors (Lipinski definition) is 0. The summed E-state index contributed by atoms with van der Waals surface area (Å²) in [5, 5.41) is 0. The largest absolute Gasteiger partial charge is 0.378 e. The molecule has 1 aliphatic rings. The SMILES string of the molecule is Cn1c(C=CN2CCOCC2)c(C(=O)c2ccc(Br)cc2)c(=O)n(C)c1=O. The molecule has 3 rings (SSSR count). The Bertz CT molecular complexity index is 999. The average molecular weight is 434 g/mol. The fourth-order valence-electron chi connectivity index (χ4n) is 2.92. The molecule has 0 aliphatic carbocycles. The molecular formula is C19H20BrN3O4. The quantitative estimate of drug-likeness (QED) is 0.680. The first-order chi connectivity index (χ1) is 12.9. The molecule has 1 aromatic heterocycles. The van der Waals surface area contributed by atoms with E-state index in [1.807, 2.05) is 4.90 Å². The number of hydrogen-bond acceptors (Lipinski definition) is 5. The highest BCUT2D eigenvalue weighted by molar-refractivity contribution is 9.10. The van der Waals surface area contributed by atoms with Crippen LogP contribution in [0.3, 0.4) is 0 Å². The summed E-state index contributed by atoms with van der Waals surface area (Å²) in [4.78, 5) is 40.2. The molecule has 27 heavy (non-hydrogen) atoms. The smallest absolute Gasteiger partial charge is 0.330 e. The van der Waals surface area contributed by atoms with Crippen molar-refractivity contribution in [1.29, 1.82) is 0 Å². The maximum atomic E-state index is 13.1. The molecule has 1 fully saturated rings. The molecule has 0 amide bonds. The molecule has 0 N–H and O–H groups in total. The molecule has 0 bridgehead atoms. The van der Waals surface area contributed by atoms with Crippen LogP contribution in [-0.4, -0.2) is 46.1 Å². The number of morpholine rings is 1. The summed E-state index contributed by atoms with van der Waals surface area (Å²) in [7, 11) is 2.93. The van der Waals surface area contributed by atoms with E-state index in [-0.39, 0.29) is 5.56 Å². The Morgan fingerprint density at radius 2 is 1.70 bits per heavy atom. The van der Waals surface area contributed by atoms with Gasteiger partial charge < -0.3 is 9.64 Å². The first-order valence-electron chi connectivity index (χ1n) is 8.50. The Morgan fingerprint density at radius 3 is 2.33 bits per heavy atom. The van der Waals surface area contributed by atoms with Crippen LogP contribution < -0.4 is 11.2 Å². The average Bonchev–Trinajstić information content (AvgIpc) is 2.69. The first kappa shape index (κ1) is 19.3. The number of ketones is 1. The van der Waals surface area contributed by atoms with Gasteiger partial charge in [0.15, 0.2) is 0 Å². The van der Waals surface area contributed by atoms with Gasteiger partial charge in [0.2, 0.25) is 5.78 Å². The number of rotatable bonds is 4. The molecule has 1 saturated heterocycles. The van der Waals surface area contributed by atoms with Crippen LogP contribution in [0.25, 0.3) is 6.08 Å². The van der Waals surface area contributed by atoms with Crippen molar-refractivity contribution in [2.24, 2.45) is 14.1 Å². The topological polar surface area (TPSA) is 73.5 Å². The second kappa shape index (κ2) is 8.06. The predicted octanol–water partition coefficient (Wildman–Crippen LogP) is 1.38. The molecular weight excluding hydrogens is 414 g/mol. The third-order valence-corrected chi connectivity index (χ3v) is 5.06. The van der Waals surface area contributed by atoms with Gasteiger partial charge in [-0.2, -0.15) is 0 Å². The normalized spacial score (nSPS) is 14.7. The van der Waals surface area contributed by atoms with Crippen molar-refractivity contribution >= 4 is 27.8 Å². The summed E-state index contributed by atoms with van der Waals surface area (Å²) in [5.41, 5.74) is -0.425. The van der Waals surface area contributed by atoms with E-state index in [2.05, 4.69) is 15.9 Å². The highest BCUT2D eigenvalue weighted by atomic mass is 79.9.